The van der Waals surface area contributed by atoms with Crippen LogP contribution in [-0.4, -0.2) is 35.4 Å². The van der Waals surface area contributed by atoms with Crippen LogP contribution in [0.4, 0.5) is 0 Å². The van der Waals surface area contributed by atoms with Gasteiger partial charge in [-0.2, -0.15) is 0 Å². The van der Waals surface area contributed by atoms with E-state index < -0.39 is 6.04 Å². The lowest BCUT2D eigenvalue weighted by molar-refractivity contribution is -0.143. The van der Waals surface area contributed by atoms with Crippen molar-refractivity contribution in [2.75, 3.05) is 6.61 Å². The van der Waals surface area contributed by atoms with Gasteiger partial charge in [0.15, 0.2) is 6.61 Å². The fourth-order valence-corrected chi connectivity index (χ4v) is 5.16. The van der Waals surface area contributed by atoms with Gasteiger partial charge in [0.25, 0.3) is 5.91 Å². The molecule has 200 valence electrons. The van der Waals surface area contributed by atoms with Crippen molar-refractivity contribution < 1.29 is 14.3 Å². The van der Waals surface area contributed by atoms with E-state index in [-0.39, 0.29) is 31.0 Å². The van der Waals surface area contributed by atoms with Crippen LogP contribution < -0.4 is 10.1 Å². The number of benzene rings is 3. The molecule has 3 aromatic carbocycles. The van der Waals surface area contributed by atoms with Crippen LogP contribution in [0.3, 0.4) is 0 Å². The zero-order valence-electron chi connectivity index (χ0n) is 21.9. The van der Waals surface area contributed by atoms with Crippen LogP contribution in [0.5, 0.6) is 5.75 Å². The third kappa shape index (κ3) is 7.52. The molecule has 1 unspecified atom stereocenters. The van der Waals surface area contributed by atoms with Crippen LogP contribution in [-0.2, 0) is 22.6 Å². The molecule has 3 aromatic rings. The van der Waals surface area contributed by atoms with Gasteiger partial charge in [-0.05, 0) is 73.2 Å². The van der Waals surface area contributed by atoms with Crippen LogP contribution in [0, 0.1) is 13.8 Å². The van der Waals surface area contributed by atoms with E-state index >= 15 is 0 Å². The molecule has 1 atom stereocenters. The van der Waals surface area contributed by atoms with Gasteiger partial charge in [0.05, 0.1) is 0 Å². The number of hydrogen-bond acceptors (Lipinski definition) is 3. The van der Waals surface area contributed by atoms with Gasteiger partial charge in [0, 0.05) is 29.1 Å². The Morgan fingerprint density at radius 1 is 0.947 bits per heavy atom. The van der Waals surface area contributed by atoms with Crippen molar-refractivity contribution in [1.82, 2.24) is 10.2 Å². The maximum absolute atomic E-state index is 13.8. The number of aryl methyl sites for hydroxylation is 2. The second kappa shape index (κ2) is 13.2. The van der Waals surface area contributed by atoms with E-state index in [0.717, 1.165) is 47.9 Å². The number of nitrogens with one attached hydrogen (secondary N) is 1. The van der Waals surface area contributed by atoms with Crippen molar-refractivity contribution >= 4 is 35.0 Å². The monoisotopic (exact) mass is 552 g/mol. The first-order chi connectivity index (χ1) is 18.3. The first-order valence-electron chi connectivity index (χ1n) is 13.1. The fourth-order valence-electron chi connectivity index (χ4n) is 4.93. The van der Waals surface area contributed by atoms with Gasteiger partial charge in [0.1, 0.15) is 11.8 Å². The second-order valence-electron chi connectivity index (χ2n) is 10.0. The van der Waals surface area contributed by atoms with Crippen LogP contribution in [0.15, 0.2) is 66.7 Å². The predicted octanol–water partition coefficient (Wildman–Crippen LogP) is 6.69. The Hall–Kier alpha value is -3.02. The molecule has 1 saturated carbocycles. The predicted molar refractivity (Wildman–Crippen MR) is 153 cm³/mol. The number of carbonyl (C=O) groups is 2. The largest absolute Gasteiger partial charge is 0.484 e. The highest BCUT2D eigenvalue weighted by Crippen LogP contribution is 2.26. The van der Waals surface area contributed by atoms with Crippen molar-refractivity contribution in [2.45, 2.75) is 64.6 Å². The summed E-state index contributed by atoms with van der Waals surface area (Å²) >= 11 is 12.4. The molecule has 7 heteroatoms. The Labute approximate surface area is 235 Å². The molecule has 2 amide bonds. The molecule has 5 nitrogen and oxygen atoms in total. The van der Waals surface area contributed by atoms with Crippen LogP contribution in [0.2, 0.25) is 10.0 Å². The Morgan fingerprint density at radius 2 is 1.58 bits per heavy atom. The molecule has 1 aliphatic carbocycles. The Kier molecular flexibility index (Phi) is 9.70. The van der Waals surface area contributed by atoms with Crippen molar-refractivity contribution in [3.63, 3.8) is 0 Å². The van der Waals surface area contributed by atoms with Gasteiger partial charge < -0.3 is 15.0 Å². The summed E-state index contributed by atoms with van der Waals surface area (Å²) in [5.41, 5.74) is 3.63. The lowest BCUT2D eigenvalue weighted by Gasteiger charge is -2.32. The molecule has 0 radical (unpaired) electrons. The third-order valence-corrected chi connectivity index (χ3v) is 7.86. The number of nitrogens with zero attached hydrogens (tertiary/aromatic N) is 1. The number of hydrogen-bond donors (Lipinski definition) is 1. The van der Waals surface area contributed by atoms with E-state index in [0.29, 0.717) is 22.2 Å². The Morgan fingerprint density at radius 3 is 2.21 bits per heavy atom. The normalized spacial score (nSPS) is 14.2. The molecule has 38 heavy (non-hydrogen) atoms. The number of amides is 2. The van der Waals surface area contributed by atoms with Crippen LogP contribution in [0.1, 0.15) is 47.9 Å². The summed E-state index contributed by atoms with van der Waals surface area (Å²) in [6, 6.07) is 20.2. The van der Waals surface area contributed by atoms with Gasteiger partial charge in [-0.3, -0.25) is 9.59 Å². The smallest absolute Gasteiger partial charge is 0.261 e. The second-order valence-corrected chi connectivity index (χ2v) is 10.8. The van der Waals surface area contributed by atoms with E-state index in [9.17, 15) is 9.59 Å². The van der Waals surface area contributed by atoms with E-state index in [1.165, 1.54) is 0 Å². The van der Waals surface area contributed by atoms with E-state index in [2.05, 4.69) is 5.32 Å². The quantitative estimate of drug-likeness (QED) is 0.305. The minimum absolute atomic E-state index is 0.138. The number of rotatable bonds is 10. The molecular formula is C31H34Cl2N2O3. The Bertz CT molecular complexity index is 1220. The van der Waals surface area contributed by atoms with E-state index in [4.69, 9.17) is 27.9 Å². The first kappa shape index (κ1) is 28.0. The summed E-state index contributed by atoms with van der Waals surface area (Å²) in [6.45, 7) is 3.87. The summed E-state index contributed by atoms with van der Waals surface area (Å²) in [5.74, 6) is 0.160. The summed E-state index contributed by atoms with van der Waals surface area (Å²) in [4.78, 5) is 29.1. The summed E-state index contributed by atoms with van der Waals surface area (Å²) in [5, 5.41) is 4.51. The molecular weight excluding hydrogens is 519 g/mol. The van der Waals surface area contributed by atoms with Crippen molar-refractivity contribution in [3.05, 3.63) is 99.0 Å². The maximum atomic E-state index is 13.8. The molecule has 0 aliphatic heterocycles. The summed E-state index contributed by atoms with van der Waals surface area (Å²) in [7, 11) is 0. The van der Waals surface area contributed by atoms with Crippen LogP contribution >= 0.6 is 23.2 Å². The molecule has 1 fully saturated rings. The van der Waals surface area contributed by atoms with E-state index in [1.807, 2.05) is 68.4 Å². The van der Waals surface area contributed by atoms with Crippen molar-refractivity contribution in [1.29, 1.82) is 0 Å². The average molecular weight is 554 g/mol. The fraction of sp³-hybridized carbons (Fsp3) is 0.355. The zero-order chi connectivity index (χ0) is 27.1. The molecule has 4 rings (SSSR count). The first-order valence-corrected chi connectivity index (χ1v) is 13.8. The highest BCUT2D eigenvalue weighted by atomic mass is 35.5. The number of ether oxygens (including phenoxy) is 1. The number of halogens is 2. The van der Waals surface area contributed by atoms with Crippen molar-refractivity contribution in [2.24, 2.45) is 0 Å². The standard InChI is InChI=1S/C31H34Cl2N2O3/c1-21-16-27(17-22(2)30(21)33)38-20-29(36)35(19-24-12-14-25(32)15-13-24)28(18-23-8-4-3-5-9-23)31(37)34-26-10-6-7-11-26/h3-5,8-9,12-17,26,28H,6-7,10-11,18-20H2,1-2H3,(H,34,37). The lowest BCUT2D eigenvalue weighted by Crippen LogP contribution is -2.53. The molecule has 0 bridgehead atoms. The lowest BCUT2D eigenvalue weighted by atomic mass is 10.0. The SMILES string of the molecule is Cc1cc(OCC(=O)N(Cc2ccc(Cl)cc2)C(Cc2ccccc2)C(=O)NC2CCCC2)cc(C)c1Cl. The third-order valence-electron chi connectivity index (χ3n) is 7.01. The van der Waals surface area contributed by atoms with Gasteiger partial charge in [0.2, 0.25) is 5.91 Å². The van der Waals surface area contributed by atoms with Gasteiger partial charge in [-0.1, -0.05) is 78.5 Å². The molecule has 0 saturated heterocycles. The average Bonchev–Trinajstić information content (AvgIpc) is 3.42. The Balaban J connectivity index is 1.61. The minimum Gasteiger partial charge on any atom is -0.484 e. The van der Waals surface area contributed by atoms with Gasteiger partial charge >= 0.3 is 0 Å². The number of carbonyl (C=O) groups excluding carboxylic acids is 2. The van der Waals surface area contributed by atoms with E-state index in [1.54, 1.807) is 17.0 Å². The topological polar surface area (TPSA) is 58.6 Å². The van der Waals surface area contributed by atoms with Gasteiger partial charge in [-0.15, -0.1) is 0 Å². The minimum atomic E-state index is -0.696. The highest BCUT2D eigenvalue weighted by molar-refractivity contribution is 6.32. The maximum Gasteiger partial charge on any atom is 0.261 e. The molecule has 1 aliphatic rings. The molecule has 0 heterocycles. The molecule has 1 N–H and O–H groups in total. The highest BCUT2D eigenvalue weighted by Gasteiger charge is 2.32. The molecule has 0 aromatic heterocycles. The molecule has 0 spiro atoms. The zero-order valence-corrected chi connectivity index (χ0v) is 23.4. The van der Waals surface area contributed by atoms with Crippen molar-refractivity contribution in [3.8, 4) is 5.75 Å². The van der Waals surface area contributed by atoms with Gasteiger partial charge in [-0.25, -0.2) is 0 Å². The summed E-state index contributed by atoms with van der Waals surface area (Å²) in [6.07, 6.45) is 4.55. The van der Waals surface area contributed by atoms with Crippen LogP contribution in [0.25, 0.3) is 0 Å². The summed E-state index contributed by atoms with van der Waals surface area (Å²) < 4.78 is 5.93.